The Hall–Kier alpha value is -0.870. The minimum Gasteiger partial charge on any atom is -0.480 e. The number of allylic oxidation sites excluding steroid dienone is 1. The summed E-state index contributed by atoms with van der Waals surface area (Å²) in [6.07, 6.45) is 18.9. The molecule has 1 heterocycles. The summed E-state index contributed by atoms with van der Waals surface area (Å²) in [5, 5.41) is 21.4. The van der Waals surface area contributed by atoms with Gasteiger partial charge in [0.25, 0.3) is 0 Å². The molecule has 4 fully saturated rings. The first-order chi connectivity index (χ1) is 17.1. The highest BCUT2D eigenvalue weighted by molar-refractivity contribution is 5.73. The Labute approximate surface area is 221 Å². The Kier molecular flexibility index (Phi) is 8.97. The van der Waals surface area contributed by atoms with Crippen molar-refractivity contribution in [2.45, 2.75) is 130 Å². The number of hydrogen-bond acceptors (Lipinski definition) is 3. The second kappa shape index (κ2) is 11.5. The van der Waals surface area contributed by atoms with Gasteiger partial charge in [0, 0.05) is 0 Å². The van der Waals surface area contributed by atoms with Crippen LogP contribution in [0.5, 0.6) is 0 Å². The summed E-state index contributed by atoms with van der Waals surface area (Å²) in [6.45, 7) is 13.4. The molecule has 4 aliphatic carbocycles. The summed E-state index contributed by atoms with van der Waals surface area (Å²) >= 11 is 0. The minimum atomic E-state index is -0.720. The molecule has 4 heteroatoms. The largest absolute Gasteiger partial charge is 0.480 e. The van der Waals surface area contributed by atoms with Crippen molar-refractivity contribution in [2.24, 2.45) is 46.3 Å². The van der Waals surface area contributed by atoms with Crippen molar-refractivity contribution in [2.75, 3.05) is 6.54 Å². The van der Waals surface area contributed by atoms with Gasteiger partial charge in [-0.1, -0.05) is 65.5 Å². The molecular weight excluding hydrogens is 446 g/mol. The molecule has 206 valence electrons. The second-order valence-electron chi connectivity index (χ2n) is 14.2. The summed E-state index contributed by atoms with van der Waals surface area (Å²) in [4.78, 5) is 10.1. The number of carbonyl (C=O) groups is 1. The summed E-state index contributed by atoms with van der Waals surface area (Å²) < 4.78 is 0. The van der Waals surface area contributed by atoms with Crippen LogP contribution in [-0.2, 0) is 4.79 Å². The molecule has 3 saturated carbocycles. The van der Waals surface area contributed by atoms with Gasteiger partial charge in [-0.05, 0) is 117 Å². The van der Waals surface area contributed by atoms with Crippen LogP contribution in [0.4, 0.5) is 0 Å². The highest BCUT2D eigenvalue weighted by atomic mass is 16.4. The molecule has 0 aromatic heterocycles. The quantitative estimate of drug-likeness (QED) is 0.336. The number of hydrogen-bond donors (Lipinski definition) is 3. The molecule has 3 N–H and O–H groups in total. The Balaban J connectivity index is 0.000000325. The van der Waals surface area contributed by atoms with Gasteiger partial charge in [0.1, 0.15) is 6.04 Å². The Morgan fingerprint density at radius 1 is 1.06 bits per heavy atom. The zero-order valence-corrected chi connectivity index (χ0v) is 23.9. The molecule has 9 atom stereocenters. The monoisotopic (exact) mass is 501 g/mol. The normalized spacial score (nSPS) is 42.5. The van der Waals surface area contributed by atoms with Gasteiger partial charge in [-0.2, -0.15) is 0 Å². The van der Waals surface area contributed by atoms with Gasteiger partial charge in [-0.15, -0.1) is 0 Å². The van der Waals surface area contributed by atoms with Gasteiger partial charge in [-0.3, -0.25) is 4.79 Å². The standard InChI is InChI=1S/C27H46O.C5H9NO2/c1-18(2)7-6-8-19(3)23-11-12-24-22-10-9-20-17-21(28)13-15-26(20,4)25(22)14-16-27(23,24)5;7-5(8)4-2-1-3-6-4/h9,18-19,21-25,28H,6-8,10-17H2,1-5H3;4,6H,1-3H2,(H,7,8)/t19-,21+,22+,23-,24+,25+,26+,27-;/m1./s1. The van der Waals surface area contributed by atoms with Crippen LogP contribution in [0.3, 0.4) is 0 Å². The SMILES string of the molecule is CC(C)CCC[C@@H](C)[C@H]1CC[C@H]2[C@@H]3CC=C4C[C@@H](O)CC[C@]4(C)[C@H]3CC[C@]12C.O=C(O)C1CCCN1. The Morgan fingerprint density at radius 3 is 2.47 bits per heavy atom. The van der Waals surface area contributed by atoms with Crippen molar-refractivity contribution in [1.82, 2.24) is 5.32 Å². The lowest BCUT2D eigenvalue weighted by molar-refractivity contribution is -0.139. The maximum atomic E-state index is 10.2. The molecule has 0 aromatic rings. The predicted molar refractivity (Wildman–Crippen MR) is 148 cm³/mol. The van der Waals surface area contributed by atoms with Crippen LogP contribution < -0.4 is 5.32 Å². The average molecular weight is 502 g/mol. The number of aliphatic hydroxyl groups excluding tert-OH is 1. The number of carboxylic acid groups (broad SMARTS) is 1. The number of nitrogens with one attached hydrogen (secondary N) is 1. The van der Waals surface area contributed by atoms with E-state index in [0.717, 1.165) is 67.7 Å². The van der Waals surface area contributed by atoms with E-state index in [1.54, 1.807) is 5.57 Å². The zero-order chi connectivity index (χ0) is 26.1. The van der Waals surface area contributed by atoms with Crippen molar-refractivity contribution < 1.29 is 15.0 Å². The first-order valence-corrected chi connectivity index (χ1v) is 15.4. The molecule has 1 aliphatic heterocycles. The van der Waals surface area contributed by atoms with Crippen molar-refractivity contribution in [3.8, 4) is 0 Å². The van der Waals surface area contributed by atoms with Crippen LogP contribution in [-0.4, -0.2) is 34.9 Å². The van der Waals surface area contributed by atoms with Crippen LogP contribution in [0.25, 0.3) is 0 Å². The maximum Gasteiger partial charge on any atom is 0.320 e. The van der Waals surface area contributed by atoms with Crippen LogP contribution >= 0.6 is 0 Å². The molecular formula is C32H55NO3. The molecule has 4 nitrogen and oxygen atoms in total. The Bertz CT molecular complexity index is 786. The van der Waals surface area contributed by atoms with Gasteiger partial charge < -0.3 is 15.5 Å². The third-order valence-corrected chi connectivity index (χ3v) is 11.6. The molecule has 0 amide bonds. The zero-order valence-electron chi connectivity index (χ0n) is 23.9. The van der Waals surface area contributed by atoms with Gasteiger partial charge >= 0.3 is 5.97 Å². The summed E-state index contributed by atoms with van der Waals surface area (Å²) in [7, 11) is 0. The van der Waals surface area contributed by atoms with E-state index in [9.17, 15) is 9.90 Å². The van der Waals surface area contributed by atoms with Gasteiger partial charge in [0.05, 0.1) is 6.10 Å². The van der Waals surface area contributed by atoms with E-state index < -0.39 is 5.97 Å². The van der Waals surface area contributed by atoms with Crippen molar-refractivity contribution in [3.63, 3.8) is 0 Å². The number of carboxylic acids is 1. The number of aliphatic hydroxyl groups is 1. The highest BCUT2D eigenvalue weighted by Crippen LogP contribution is 2.67. The molecule has 0 radical (unpaired) electrons. The van der Waals surface area contributed by atoms with E-state index in [4.69, 9.17) is 5.11 Å². The summed E-state index contributed by atoms with van der Waals surface area (Å²) in [5.41, 5.74) is 2.60. The van der Waals surface area contributed by atoms with E-state index in [1.807, 2.05) is 0 Å². The van der Waals surface area contributed by atoms with Crippen molar-refractivity contribution >= 4 is 5.97 Å². The van der Waals surface area contributed by atoms with Crippen LogP contribution in [0.1, 0.15) is 118 Å². The smallest absolute Gasteiger partial charge is 0.320 e. The topological polar surface area (TPSA) is 69.6 Å². The van der Waals surface area contributed by atoms with Gasteiger partial charge in [-0.25, -0.2) is 0 Å². The molecule has 0 aromatic carbocycles. The fraction of sp³-hybridized carbons (Fsp3) is 0.906. The van der Waals surface area contributed by atoms with E-state index in [2.05, 4.69) is 46.0 Å². The number of fused-ring (bicyclic) bond motifs is 5. The lowest BCUT2D eigenvalue weighted by atomic mass is 9.47. The predicted octanol–water partition coefficient (Wildman–Crippen LogP) is 7.21. The minimum absolute atomic E-state index is 0.0766. The first kappa shape index (κ1) is 28.1. The van der Waals surface area contributed by atoms with E-state index in [-0.39, 0.29) is 12.1 Å². The third-order valence-electron chi connectivity index (χ3n) is 11.6. The van der Waals surface area contributed by atoms with Gasteiger partial charge in [0.15, 0.2) is 0 Å². The fourth-order valence-electron chi connectivity index (χ4n) is 9.56. The van der Waals surface area contributed by atoms with E-state index in [0.29, 0.717) is 10.8 Å². The first-order valence-electron chi connectivity index (χ1n) is 15.4. The number of rotatable bonds is 6. The molecule has 36 heavy (non-hydrogen) atoms. The van der Waals surface area contributed by atoms with E-state index in [1.165, 1.54) is 57.8 Å². The molecule has 0 bridgehead atoms. The average Bonchev–Trinajstić information content (AvgIpc) is 3.48. The highest BCUT2D eigenvalue weighted by Gasteiger charge is 2.59. The van der Waals surface area contributed by atoms with Crippen molar-refractivity contribution in [3.05, 3.63) is 11.6 Å². The molecule has 5 aliphatic rings. The number of aliphatic carboxylic acids is 1. The second-order valence-corrected chi connectivity index (χ2v) is 14.2. The van der Waals surface area contributed by atoms with Crippen LogP contribution in [0.15, 0.2) is 11.6 Å². The third kappa shape index (κ3) is 5.60. The Morgan fingerprint density at radius 2 is 1.83 bits per heavy atom. The summed E-state index contributed by atoms with van der Waals surface area (Å²) in [6, 6.07) is -0.269. The van der Waals surface area contributed by atoms with E-state index >= 15 is 0 Å². The molecule has 1 unspecified atom stereocenters. The lowest BCUT2D eigenvalue weighted by Crippen LogP contribution is -2.50. The van der Waals surface area contributed by atoms with Crippen LogP contribution in [0, 0.1) is 46.3 Å². The fourth-order valence-corrected chi connectivity index (χ4v) is 9.56. The van der Waals surface area contributed by atoms with Crippen molar-refractivity contribution in [1.29, 1.82) is 0 Å². The lowest BCUT2D eigenvalue weighted by Gasteiger charge is -2.58. The van der Waals surface area contributed by atoms with Crippen LogP contribution in [0.2, 0.25) is 0 Å². The summed E-state index contributed by atoms with van der Waals surface area (Å²) in [5.74, 6) is 4.74. The molecule has 5 rings (SSSR count). The molecule has 0 spiro atoms. The van der Waals surface area contributed by atoms with Gasteiger partial charge in [0.2, 0.25) is 0 Å². The molecule has 1 saturated heterocycles. The maximum absolute atomic E-state index is 10.2.